The fourth-order valence-electron chi connectivity index (χ4n) is 1.72. The smallest absolute Gasteiger partial charge is 0.169 e. The zero-order valence-electron chi connectivity index (χ0n) is 8.45. The Kier molecular flexibility index (Phi) is 3.43. The summed E-state index contributed by atoms with van der Waals surface area (Å²) < 4.78 is 24.5. The van der Waals surface area contributed by atoms with Gasteiger partial charge in [-0.05, 0) is 35.1 Å². The van der Waals surface area contributed by atoms with Crippen molar-refractivity contribution in [2.24, 2.45) is 0 Å². The van der Waals surface area contributed by atoms with Gasteiger partial charge in [-0.1, -0.05) is 0 Å². The number of halogens is 2. The van der Waals surface area contributed by atoms with Crippen molar-refractivity contribution in [2.75, 3.05) is 20.3 Å². The van der Waals surface area contributed by atoms with Gasteiger partial charge >= 0.3 is 0 Å². The molecule has 0 aliphatic carbocycles. The highest BCUT2D eigenvalue weighted by Gasteiger charge is 2.31. The number of nitrogens with zero attached hydrogens (tertiary/aromatic N) is 1. The van der Waals surface area contributed by atoms with Gasteiger partial charge in [0.15, 0.2) is 4.67 Å². The van der Waals surface area contributed by atoms with E-state index in [0.717, 1.165) is 5.76 Å². The predicted octanol–water partition coefficient (Wildman–Crippen LogP) is 2.21. The summed E-state index contributed by atoms with van der Waals surface area (Å²) in [6, 6.07) is 3.55. The van der Waals surface area contributed by atoms with E-state index in [-0.39, 0.29) is 12.6 Å². The molecule has 84 valence electrons. The highest BCUT2D eigenvalue weighted by Crippen LogP contribution is 2.20. The van der Waals surface area contributed by atoms with E-state index < -0.39 is 6.17 Å². The normalized spacial score (nSPS) is 26.4. The lowest BCUT2D eigenvalue weighted by molar-refractivity contribution is 0.146. The summed E-state index contributed by atoms with van der Waals surface area (Å²) in [4.78, 5) is 1.92. The van der Waals surface area contributed by atoms with Crippen LogP contribution in [0.15, 0.2) is 21.2 Å². The van der Waals surface area contributed by atoms with Crippen LogP contribution in [0.3, 0.4) is 0 Å². The molecule has 5 heteroatoms. The van der Waals surface area contributed by atoms with Gasteiger partial charge in [0.1, 0.15) is 11.9 Å². The van der Waals surface area contributed by atoms with Crippen molar-refractivity contribution in [1.82, 2.24) is 4.90 Å². The molecule has 0 saturated carbocycles. The second-order valence-corrected chi connectivity index (χ2v) is 4.52. The van der Waals surface area contributed by atoms with Gasteiger partial charge in [0.05, 0.1) is 25.8 Å². The van der Waals surface area contributed by atoms with E-state index in [4.69, 9.17) is 9.15 Å². The zero-order chi connectivity index (χ0) is 10.8. The quantitative estimate of drug-likeness (QED) is 0.847. The first-order valence-corrected chi connectivity index (χ1v) is 5.62. The van der Waals surface area contributed by atoms with Gasteiger partial charge in [-0.25, -0.2) is 4.39 Å². The average molecular weight is 278 g/mol. The predicted molar refractivity (Wildman–Crippen MR) is 57.4 cm³/mol. The SMILES string of the molecule is CN(Cc1ccc(Br)o1)C1COCC1F. The summed E-state index contributed by atoms with van der Waals surface area (Å²) in [5.74, 6) is 0.823. The van der Waals surface area contributed by atoms with Crippen LogP contribution in [0.5, 0.6) is 0 Å². The Morgan fingerprint density at radius 2 is 2.33 bits per heavy atom. The van der Waals surface area contributed by atoms with Crippen LogP contribution in [0, 0.1) is 0 Å². The van der Waals surface area contributed by atoms with Crippen LogP contribution in [0.25, 0.3) is 0 Å². The summed E-state index contributed by atoms with van der Waals surface area (Å²) in [5, 5.41) is 0. The van der Waals surface area contributed by atoms with Crippen LogP contribution in [0.4, 0.5) is 4.39 Å². The minimum Gasteiger partial charge on any atom is -0.453 e. The van der Waals surface area contributed by atoms with Gasteiger partial charge in [0, 0.05) is 0 Å². The van der Waals surface area contributed by atoms with Crippen molar-refractivity contribution < 1.29 is 13.5 Å². The van der Waals surface area contributed by atoms with Gasteiger partial charge in [0.2, 0.25) is 0 Å². The maximum absolute atomic E-state index is 13.3. The van der Waals surface area contributed by atoms with Crippen LogP contribution < -0.4 is 0 Å². The van der Waals surface area contributed by atoms with Crippen molar-refractivity contribution in [3.8, 4) is 0 Å². The Bertz CT molecular complexity index is 331. The van der Waals surface area contributed by atoms with Crippen molar-refractivity contribution in [2.45, 2.75) is 18.8 Å². The molecule has 1 aromatic rings. The Morgan fingerprint density at radius 1 is 1.53 bits per heavy atom. The Hall–Kier alpha value is -0.390. The van der Waals surface area contributed by atoms with E-state index in [1.54, 1.807) is 0 Å². The topological polar surface area (TPSA) is 25.6 Å². The van der Waals surface area contributed by atoms with E-state index in [1.165, 1.54) is 0 Å². The summed E-state index contributed by atoms with van der Waals surface area (Å²) in [5.41, 5.74) is 0. The molecular formula is C10H13BrFNO2. The van der Waals surface area contributed by atoms with Gasteiger partial charge in [-0.2, -0.15) is 0 Å². The van der Waals surface area contributed by atoms with Crippen molar-refractivity contribution in [3.05, 3.63) is 22.6 Å². The van der Waals surface area contributed by atoms with E-state index in [1.807, 2.05) is 24.1 Å². The molecule has 1 aliphatic rings. The maximum atomic E-state index is 13.3. The molecule has 0 spiro atoms. The van der Waals surface area contributed by atoms with Crippen LogP contribution in [0.2, 0.25) is 0 Å². The summed E-state index contributed by atoms with van der Waals surface area (Å²) >= 11 is 3.23. The van der Waals surface area contributed by atoms with E-state index >= 15 is 0 Å². The van der Waals surface area contributed by atoms with E-state index in [2.05, 4.69) is 15.9 Å². The van der Waals surface area contributed by atoms with E-state index in [0.29, 0.717) is 17.8 Å². The Balaban J connectivity index is 1.94. The molecule has 2 atom stereocenters. The van der Waals surface area contributed by atoms with Crippen molar-refractivity contribution in [3.63, 3.8) is 0 Å². The van der Waals surface area contributed by atoms with Gasteiger partial charge < -0.3 is 9.15 Å². The largest absolute Gasteiger partial charge is 0.453 e. The molecule has 1 saturated heterocycles. The monoisotopic (exact) mass is 277 g/mol. The molecular weight excluding hydrogens is 265 g/mol. The zero-order valence-corrected chi connectivity index (χ0v) is 10.0. The lowest BCUT2D eigenvalue weighted by atomic mass is 10.2. The van der Waals surface area contributed by atoms with Gasteiger partial charge in [-0.15, -0.1) is 0 Å². The molecule has 0 radical (unpaired) electrons. The molecule has 1 aromatic heterocycles. The fraction of sp³-hybridized carbons (Fsp3) is 0.600. The minimum absolute atomic E-state index is 0.158. The highest BCUT2D eigenvalue weighted by atomic mass is 79.9. The van der Waals surface area contributed by atoms with Crippen LogP contribution in [-0.2, 0) is 11.3 Å². The molecule has 1 aliphatic heterocycles. The number of hydrogen-bond donors (Lipinski definition) is 0. The molecule has 2 heterocycles. The molecule has 2 rings (SSSR count). The summed E-state index contributed by atoms with van der Waals surface area (Å²) in [6.45, 7) is 1.26. The third-order valence-corrected chi connectivity index (χ3v) is 3.01. The number of ether oxygens (including phenoxy) is 1. The molecule has 3 nitrogen and oxygen atoms in total. The first kappa shape index (κ1) is 11.1. The van der Waals surface area contributed by atoms with Crippen molar-refractivity contribution >= 4 is 15.9 Å². The number of hydrogen-bond acceptors (Lipinski definition) is 3. The summed E-state index contributed by atoms with van der Waals surface area (Å²) in [6.07, 6.45) is -0.895. The Morgan fingerprint density at radius 3 is 2.87 bits per heavy atom. The van der Waals surface area contributed by atoms with Crippen LogP contribution in [-0.4, -0.2) is 37.4 Å². The second-order valence-electron chi connectivity index (χ2n) is 3.74. The lowest BCUT2D eigenvalue weighted by Gasteiger charge is -2.23. The van der Waals surface area contributed by atoms with Crippen LogP contribution in [0.1, 0.15) is 5.76 Å². The number of rotatable bonds is 3. The summed E-state index contributed by atoms with van der Waals surface area (Å²) in [7, 11) is 1.88. The number of alkyl halides is 1. The molecule has 1 fully saturated rings. The third-order valence-electron chi connectivity index (χ3n) is 2.58. The first-order chi connectivity index (χ1) is 7.16. The molecule has 2 unspecified atom stereocenters. The van der Waals surface area contributed by atoms with E-state index in [9.17, 15) is 4.39 Å². The lowest BCUT2D eigenvalue weighted by Crippen LogP contribution is -2.37. The maximum Gasteiger partial charge on any atom is 0.169 e. The molecule has 15 heavy (non-hydrogen) atoms. The highest BCUT2D eigenvalue weighted by molar-refractivity contribution is 9.10. The Labute approximate surface area is 96.3 Å². The van der Waals surface area contributed by atoms with Crippen molar-refractivity contribution in [1.29, 1.82) is 0 Å². The second kappa shape index (κ2) is 4.63. The molecule has 0 bridgehead atoms. The minimum atomic E-state index is -0.895. The molecule has 0 amide bonds. The first-order valence-electron chi connectivity index (χ1n) is 4.83. The average Bonchev–Trinajstić information content (AvgIpc) is 2.75. The van der Waals surface area contributed by atoms with Crippen LogP contribution >= 0.6 is 15.9 Å². The number of furan rings is 1. The number of likely N-dealkylation sites (N-methyl/N-ethyl adjacent to an activating group) is 1. The van der Waals surface area contributed by atoms with Gasteiger partial charge in [0.25, 0.3) is 0 Å². The molecule has 0 aromatic carbocycles. The standard InChI is InChI=1S/C10H13BrFNO2/c1-13(9-6-14-5-8(9)12)4-7-2-3-10(11)15-7/h2-3,8-9H,4-6H2,1H3. The van der Waals surface area contributed by atoms with Gasteiger partial charge in [-0.3, -0.25) is 4.90 Å². The molecule has 0 N–H and O–H groups in total. The fourth-order valence-corrected chi connectivity index (χ4v) is 2.06. The third kappa shape index (κ3) is 2.59.